The Kier molecular flexibility index (Phi) is 3.00. The second-order valence-corrected chi connectivity index (χ2v) is 6.78. The molecule has 2 N–H and O–H groups in total. The summed E-state index contributed by atoms with van der Waals surface area (Å²) in [4.78, 5) is 2.57. The summed E-state index contributed by atoms with van der Waals surface area (Å²) in [6.45, 7) is 2.31. The molecule has 3 aliphatic heterocycles. The second-order valence-electron chi connectivity index (χ2n) is 6.78. The molecule has 2 saturated heterocycles. The van der Waals surface area contributed by atoms with Crippen molar-refractivity contribution in [2.75, 3.05) is 18.4 Å². The Bertz CT molecular complexity index is 504. The highest BCUT2D eigenvalue weighted by atomic mass is 16.3. The van der Waals surface area contributed by atoms with Gasteiger partial charge in [-0.15, -0.1) is 0 Å². The molecule has 1 aromatic rings. The minimum Gasteiger partial charge on any atom is -0.388 e. The third kappa shape index (κ3) is 2.04. The number of nitrogens with zero attached hydrogens (tertiary/aromatic N) is 1. The molecule has 3 nitrogen and oxygen atoms in total. The topological polar surface area (TPSA) is 35.5 Å². The quantitative estimate of drug-likeness (QED) is 0.824. The van der Waals surface area contributed by atoms with Crippen molar-refractivity contribution >= 4 is 5.69 Å². The number of fused-ring (bicyclic) bond motifs is 2. The van der Waals surface area contributed by atoms with Gasteiger partial charge in [-0.1, -0.05) is 18.2 Å². The number of hydrogen-bond donors (Lipinski definition) is 2. The smallest absolute Gasteiger partial charge is 0.0874 e. The van der Waals surface area contributed by atoms with E-state index >= 15 is 0 Å². The normalized spacial score (nSPS) is 37.0. The molecule has 108 valence electrons. The fraction of sp³-hybridized carbons (Fsp3) is 0.647. The van der Waals surface area contributed by atoms with E-state index in [-0.39, 0.29) is 6.04 Å². The highest BCUT2D eigenvalue weighted by Crippen LogP contribution is 2.39. The molecule has 1 aromatic carbocycles. The van der Waals surface area contributed by atoms with Crippen LogP contribution in [-0.2, 0) is 6.42 Å². The maximum absolute atomic E-state index is 11.2. The van der Waals surface area contributed by atoms with Crippen LogP contribution in [0.3, 0.4) is 0 Å². The summed E-state index contributed by atoms with van der Waals surface area (Å²) < 4.78 is 0. The van der Waals surface area contributed by atoms with Crippen molar-refractivity contribution in [1.29, 1.82) is 0 Å². The number of aliphatic hydroxyl groups is 1. The van der Waals surface area contributed by atoms with Crippen LogP contribution in [0.2, 0.25) is 0 Å². The van der Waals surface area contributed by atoms with E-state index in [4.69, 9.17) is 0 Å². The lowest BCUT2D eigenvalue weighted by Gasteiger charge is -2.47. The van der Waals surface area contributed by atoms with Gasteiger partial charge in [-0.05, 0) is 56.7 Å². The Hall–Kier alpha value is -1.06. The largest absolute Gasteiger partial charge is 0.388 e. The van der Waals surface area contributed by atoms with Crippen molar-refractivity contribution in [3.8, 4) is 0 Å². The van der Waals surface area contributed by atoms with Crippen LogP contribution in [-0.4, -0.2) is 40.8 Å². The van der Waals surface area contributed by atoms with Gasteiger partial charge >= 0.3 is 0 Å². The third-order valence-corrected chi connectivity index (χ3v) is 5.62. The molecule has 3 aliphatic rings. The summed E-state index contributed by atoms with van der Waals surface area (Å²) in [6, 6.07) is 9.37. The first-order valence-electron chi connectivity index (χ1n) is 8.05. The lowest BCUT2D eigenvalue weighted by molar-refractivity contribution is -0.0516. The van der Waals surface area contributed by atoms with Gasteiger partial charge in [0.05, 0.1) is 11.6 Å². The minimum absolute atomic E-state index is 0.222. The van der Waals surface area contributed by atoms with Crippen LogP contribution in [0.25, 0.3) is 0 Å². The summed E-state index contributed by atoms with van der Waals surface area (Å²) in [5.41, 5.74) is 2.11. The van der Waals surface area contributed by atoms with Crippen molar-refractivity contribution in [3.63, 3.8) is 0 Å². The lowest BCUT2D eigenvalue weighted by Crippen LogP contribution is -2.57. The molecule has 3 atom stereocenters. The molecule has 0 bridgehead atoms. The minimum atomic E-state index is -0.515. The highest BCUT2D eigenvalue weighted by molar-refractivity contribution is 5.54. The lowest BCUT2D eigenvalue weighted by atomic mass is 9.77. The number of benzene rings is 1. The van der Waals surface area contributed by atoms with Crippen LogP contribution in [0.5, 0.6) is 0 Å². The Morgan fingerprint density at radius 3 is 3.05 bits per heavy atom. The number of aryl methyl sites for hydroxylation is 1. The number of para-hydroxylation sites is 1. The van der Waals surface area contributed by atoms with Gasteiger partial charge in [0.25, 0.3) is 0 Å². The highest BCUT2D eigenvalue weighted by Gasteiger charge is 2.45. The molecule has 0 aromatic heterocycles. The SMILES string of the molecule is OC1(C2CCc3ccccc3N2)CCN2CCCC2C1. The zero-order valence-corrected chi connectivity index (χ0v) is 12.0. The molecule has 3 heteroatoms. The van der Waals surface area contributed by atoms with E-state index in [1.807, 2.05) is 0 Å². The van der Waals surface area contributed by atoms with Gasteiger partial charge in [-0.25, -0.2) is 0 Å². The predicted octanol–water partition coefficient (Wildman–Crippen LogP) is 2.40. The molecular formula is C17H24N2O. The van der Waals surface area contributed by atoms with Crippen LogP contribution >= 0.6 is 0 Å². The van der Waals surface area contributed by atoms with Crippen molar-refractivity contribution < 1.29 is 5.11 Å². The van der Waals surface area contributed by atoms with E-state index in [1.54, 1.807) is 0 Å². The standard InChI is InChI=1S/C17H24N2O/c20-17(9-11-19-10-3-5-14(19)12-17)16-8-7-13-4-1-2-6-15(13)18-16/h1-2,4,6,14,16,18,20H,3,5,7-12H2. The molecule has 0 aliphatic carbocycles. The molecule has 3 unspecified atom stereocenters. The number of piperidine rings is 1. The summed E-state index contributed by atoms with van der Waals surface area (Å²) in [7, 11) is 0. The summed E-state index contributed by atoms with van der Waals surface area (Å²) in [5.74, 6) is 0. The van der Waals surface area contributed by atoms with Crippen molar-refractivity contribution in [1.82, 2.24) is 4.90 Å². The van der Waals surface area contributed by atoms with Crippen LogP contribution in [0.4, 0.5) is 5.69 Å². The number of rotatable bonds is 1. The first kappa shape index (κ1) is 12.7. The molecule has 20 heavy (non-hydrogen) atoms. The van der Waals surface area contributed by atoms with E-state index in [0.717, 1.165) is 32.2 Å². The first-order chi connectivity index (χ1) is 9.74. The van der Waals surface area contributed by atoms with Crippen molar-refractivity contribution in [2.45, 2.75) is 56.2 Å². The Balaban J connectivity index is 1.53. The number of nitrogens with one attached hydrogen (secondary N) is 1. The molecule has 0 radical (unpaired) electrons. The van der Waals surface area contributed by atoms with Gasteiger partial charge in [0, 0.05) is 18.3 Å². The van der Waals surface area contributed by atoms with Crippen molar-refractivity contribution in [3.05, 3.63) is 29.8 Å². The fourth-order valence-corrected chi connectivity index (χ4v) is 4.43. The summed E-state index contributed by atoms with van der Waals surface area (Å²) >= 11 is 0. The van der Waals surface area contributed by atoms with Crippen LogP contribution in [0.1, 0.15) is 37.7 Å². The van der Waals surface area contributed by atoms with Gasteiger partial charge in [0.1, 0.15) is 0 Å². The van der Waals surface area contributed by atoms with Crippen LogP contribution in [0, 0.1) is 0 Å². The Morgan fingerprint density at radius 2 is 2.10 bits per heavy atom. The van der Waals surface area contributed by atoms with E-state index < -0.39 is 5.60 Å². The molecule has 0 amide bonds. The molecule has 0 saturated carbocycles. The third-order valence-electron chi connectivity index (χ3n) is 5.62. The molecular weight excluding hydrogens is 248 g/mol. The maximum atomic E-state index is 11.2. The Labute approximate surface area is 121 Å². The van der Waals surface area contributed by atoms with Gasteiger partial charge in [0.15, 0.2) is 0 Å². The van der Waals surface area contributed by atoms with Crippen molar-refractivity contribution in [2.24, 2.45) is 0 Å². The zero-order chi connectivity index (χ0) is 13.6. The average Bonchev–Trinajstić information content (AvgIpc) is 2.94. The number of anilines is 1. The fourth-order valence-electron chi connectivity index (χ4n) is 4.43. The number of hydrogen-bond acceptors (Lipinski definition) is 3. The molecule has 3 heterocycles. The van der Waals surface area contributed by atoms with E-state index in [1.165, 1.54) is 30.6 Å². The molecule has 0 spiro atoms. The van der Waals surface area contributed by atoms with Gasteiger partial charge in [-0.2, -0.15) is 0 Å². The first-order valence-corrected chi connectivity index (χ1v) is 8.05. The van der Waals surface area contributed by atoms with Gasteiger partial charge in [-0.3, -0.25) is 0 Å². The van der Waals surface area contributed by atoms with E-state index in [2.05, 4.69) is 34.5 Å². The predicted molar refractivity (Wildman–Crippen MR) is 81.0 cm³/mol. The van der Waals surface area contributed by atoms with Gasteiger partial charge < -0.3 is 15.3 Å². The maximum Gasteiger partial charge on any atom is 0.0874 e. The van der Waals surface area contributed by atoms with Crippen LogP contribution < -0.4 is 5.32 Å². The average molecular weight is 272 g/mol. The second kappa shape index (κ2) is 4.74. The Morgan fingerprint density at radius 1 is 1.20 bits per heavy atom. The summed E-state index contributed by atoms with van der Waals surface area (Å²) in [6.07, 6.45) is 6.59. The monoisotopic (exact) mass is 272 g/mol. The van der Waals surface area contributed by atoms with Gasteiger partial charge in [0.2, 0.25) is 0 Å². The van der Waals surface area contributed by atoms with E-state index in [0.29, 0.717) is 6.04 Å². The molecule has 2 fully saturated rings. The van der Waals surface area contributed by atoms with E-state index in [9.17, 15) is 5.11 Å². The summed E-state index contributed by atoms with van der Waals surface area (Å²) in [5, 5.41) is 14.8. The zero-order valence-electron chi connectivity index (χ0n) is 12.0. The van der Waals surface area contributed by atoms with Crippen LogP contribution in [0.15, 0.2) is 24.3 Å². The molecule has 4 rings (SSSR count).